The van der Waals surface area contributed by atoms with Gasteiger partial charge in [0.2, 0.25) is 5.60 Å². The standard InChI is InChI=1S/C22H22N2O8/c1-28-14-4-6-17(29-2)15(10-14)16-11-22(32-24-16,12-20(25)26)21(27)23-13-3-5-18-19(9-13)31-8-7-30-18/h3-6,9-10H,7-8,11-12H2,1-2H3,(H,23,27)(H,25,26)/t22-/m0/s1. The van der Waals surface area contributed by atoms with Crippen molar-refractivity contribution < 1.29 is 38.5 Å². The van der Waals surface area contributed by atoms with Gasteiger partial charge in [-0.3, -0.25) is 9.59 Å². The van der Waals surface area contributed by atoms with E-state index < -0.39 is 23.9 Å². The number of carboxylic acid groups (broad SMARTS) is 1. The third-order valence-corrected chi connectivity index (χ3v) is 5.15. The molecule has 1 amide bonds. The second-order valence-corrected chi connectivity index (χ2v) is 7.25. The van der Waals surface area contributed by atoms with Crippen molar-refractivity contribution in [3.63, 3.8) is 0 Å². The van der Waals surface area contributed by atoms with Crippen molar-refractivity contribution in [3.05, 3.63) is 42.0 Å². The van der Waals surface area contributed by atoms with Gasteiger partial charge in [-0.2, -0.15) is 0 Å². The van der Waals surface area contributed by atoms with E-state index in [0.717, 1.165) is 0 Å². The van der Waals surface area contributed by atoms with Gasteiger partial charge >= 0.3 is 5.97 Å². The molecule has 0 radical (unpaired) electrons. The summed E-state index contributed by atoms with van der Waals surface area (Å²) in [6, 6.07) is 10.0. The number of rotatable bonds is 7. The van der Waals surface area contributed by atoms with Crippen LogP contribution in [0.15, 0.2) is 41.6 Å². The largest absolute Gasteiger partial charge is 0.497 e. The van der Waals surface area contributed by atoms with Crippen molar-refractivity contribution in [2.75, 3.05) is 32.8 Å². The monoisotopic (exact) mass is 442 g/mol. The third-order valence-electron chi connectivity index (χ3n) is 5.15. The summed E-state index contributed by atoms with van der Waals surface area (Å²) in [5.41, 5.74) is -0.395. The van der Waals surface area contributed by atoms with Crippen molar-refractivity contribution in [1.82, 2.24) is 0 Å². The Balaban J connectivity index is 1.59. The van der Waals surface area contributed by atoms with Crippen molar-refractivity contribution in [2.45, 2.75) is 18.4 Å². The first-order valence-electron chi connectivity index (χ1n) is 9.84. The van der Waals surface area contributed by atoms with Crippen LogP contribution in [0.25, 0.3) is 0 Å². The minimum absolute atomic E-state index is 0.0702. The highest BCUT2D eigenvalue weighted by Gasteiger charge is 2.49. The lowest BCUT2D eigenvalue weighted by Gasteiger charge is -2.24. The molecule has 0 bridgehead atoms. The van der Waals surface area contributed by atoms with E-state index in [2.05, 4.69) is 10.5 Å². The molecule has 2 heterocycles. The Kier molecular flexibility index (Phi) is 5.76. The minimum atomic E-state index is -1.73. The fraction of sp³-hybridized carbons (Fsp3) is 0.318. The topological polar surface area (TPSA) is 125 Å². The van der Waals surface area contributed by atoms with E-state index in [1.165, 1.54) is 14.2 Å². The van der Waals surface area contributed by atoms with Gasteiger partial charge in [0.1, 0.15) is 24.7 Å². The summed E-state index contributed by atoms with van der Waals surface area (Å²) < 4.78 is 21.6. The smallest absolute Gasteiger partial charge is 0.308 e. The summed E-state index contributed by atoms with van der Waals surface area (Å²) in [5.74, 6) is 0.272. The maximum Gasteiger partial charge on any atom is 0.308 e. The molecule has 2 aromatic rings. The fourth-order valence-corrected chi connectivity index (χ4v) is 3.57. The van der Waals surface area contributed by atoms with Crippen LogP contribution in [0.3, 0.4) is 0 Å². The van der Waals surface area contributed by atoms with Crippen molar-refractivity contribution in [1.29, 1.82) is 0 Å². The molecular weight excluding hydrogens is 420 g/mol. The number of carbonyl (C=O) groups excluding carboxylic acids is 1. The maximum atomic E-state index is 13.2. The van der Waals surface area contributed by atoms with E-state index in [9.17, 15) is 14.7 Å². The van der Waals surface area contributed by atoms with Crippen molar-refractivity contribution >= 4 is 23.3 Å². The molecule has 0 spiro atoms. The van der Waals surface area contributed by atoms with Crippen LogP contribution in [0.2, 0.25) is 0 Å². The Morgan fingerprint density at radius 1 is 1.09 bits per heavy atom. The lowest BCUT2D eigenvalue weighted by Crippen LogP contribution is -2.45. The van der Waals surface area contributed by atoms with Crippen LogP contribution in [-0.2, 0) is 14.4 Å². The van der Waals surface area contributed by atoms with Gasteiger partial charge in [-0.25, -0.2) is 0 Å². The summed E-state index contributed by atoms with van der Waals surface area (Å²) in [6.07, 6.45) is -0.651. The van der Waals surface area contributed by atoms with Crippen LogP contribution in [0, 0.1) is 0 Å². The number of fused-ring (bicyclic) bond motifs is 1. The lowest BCUT2D eigenvalue weighted by atomic mass is 9.89. The van der Waals surface area contributed by atoms with Gasteiger partial charge in [0.05, 0.1) is 26.4 Å². The minimum Gasteiger partial charge on any atom is -0.497 e. The highest BCUT2D eigenvalue weighted by molar-refractivity contribution is 6.10. The molecule has 32 heavy (non-hydrogen) atoms. The molecule has 0 aliphatic carbocycles. The maximum absolute atomic E-state index is 13.2. The Labute approximate surface area is 183 Å². The second-order valence-electron chi connectivity index (χ2n) is 7.25. The molecule has 0 unspecified atom stereocenters. The number of carboxylic acids is 1. The van der Waals surface area contributed by atoms with Crippen LogP contribution in [0.4, 0.5) is 5.69 Å². The third kappa shape index (κ3) is 4.11. The van der Waals surface area contributed by atoms with Gasteiger partial charge in [0.25, 0.3) is 5.91 Å². The van der Waals surface area contributed by atoms with Crippen molar-refractivity contribution in [2.24, 2.45) is 5.16 Å². The van der Waals surface area contributed by atoms with Crippen LogP contribution in [0.5, 0.6) is 23.0 Å². The van der Waals surface area contributed by atoms with Crippen LogP contribution < -0.4 is 24.3 Å². The average Bonchev–Trinajstić information content (AvgIpc) is 3.23. The summed E-state index contributed by atoms with van der Waals surface area (Å²) in [4.78, 5) is 30.3. The highest BCUT2D eigenvalue weighted by atomic mass is 16.7. The van der Waals surface area contributed by atoms with Gasteiger partial charge in [0, 0.05) is 23.7 Å². The molecule has 10 nitrogen and oxygen atoms in total. The molecule has 0 aromatic heterocycles. The molecule has 2 aliphatic rings. The van der Waals surface area contributed by atoms with E-state index in [-0.39, 0.29) is 6.42 Å². The number of anilines is 1. The Morgan fingerprint density at radius 3 is 2.59 bits per heavy atom. The van der Waals surface area contributed by atoms with Crippen LogP contribution in [-0.4, -0.2) is 55.7 Å². The summed E-state index contributed by atoms with van der Waals surface area (Å²) in [6.45, 7) is 0.845. The van der Waals surface area contributed by atoms with E-state index in [4.69, 9.17) is 23.8 Å². The first-order chi connectivity index (χ1) is 15.4. The number of nitrogens with zero attached hydrogens (tertiary/aromatic N) is 1. The number of hydrogen-bond donors (Lipinski definition) is 2. The molecule has 10 heteroatoms. The Morgan fingerprint density at radius 2 is 1.88 bits per heavy atom. The molecule has 168 valence electrons. The predicted molar refractivity (Wildman–Crippen MR) is 113 cm³/mol. The number of amides is 1. The molecule has 2 aliphatic heterocycles. The van der Waals surface area contributed by atoms with E-state index >= 15 is 0 Å². The number of aliphatic carboxylic acids is 1. The zero-order chi connectivity index (χ0) is 22.7. The molecule has 1 atom stereocenters. The zero-order valence-electron chi connectivity index (χ0n) is 17.5. The van der Waals surface area contributed by atoms with E-state index in [1.807, 2.05) is 0 Å². The van der Waals surface area contributed by atoms with Crippen LogP contribution >= 0.6 is 0 Å². The summed E-state index contributed by atoms with van der Waals surface area (Å²) in [7, 11) is 3.02. The number of ether oxygens (including phenoxy) is 4. The second kappa shape index (κ2) is 8.66. The fourth-order valence-electron chi connectivity index (χ4n) is 3.57. The molecule has 0 fully saturated rings. The lowest BCUT2D eigenvalue weighted by molar-refractivity contribution is -0.152. The van der Waals surface area contributed by atoms with Gasteiger partial charge in [-0.15, -0.1) is 0 Å². The van der Waals surface area contributed by atoms with Gasteiger partial charge in [0.15, 0.2) is 11.5 Å². The molecule has 0 saturated carbocycles. The number of methoxy groups -OCH3 is 2. The summed E-state index contributed by atoms with van der Waals surface area (Å²) >= 11 is 0. The first kappa shape index (κ1) is 21.3. The molecular formula is C22H22N2O8. The van der Waals surface area contributed by atoms with Crippen LogP contribution in [0.1, 0.15) is 18.4 Å². The van der Waals surface area contributed by atoms with E-state index in [1.54, 1.807) is 36.4 Å². The molecule has 4 rings (SSSR count). The normalized spacial score (nSPS) is 18.9. The van der Waals surface area contributed by atoms with Crippen molar-refractivity contribution in [3.8, 4) is 23.0 Å². The number of nitrogens with one attached hydrogen (secondary N) is 1. The van der Waals surface area contributed by atoms with Gasteiger partial charge in [-0.1, -0.05) is 5.16 Å². The molecule has 2 aromatic carbocycles. The highest BCUT2D eigenvalue weighted by Crippen LogP contribution is 2.37. The molecule has 0 saturated heterocycles. The average molecular weight is 442 g/mol. The molecule has 2 N–H and O–H groups in total. The number of oxime groups is 1. The van der Waals surface area contributed by atoms with E-state index in [0.29, 0.717) is 53.2 Å². The zero-order valence-corrected chi connectivity index (χ0v) is 17.5. The first-order valence-corrected chi connectivity index (χ1v) is 9.84. The SMILES string of the molecule is COc1ccc(OC)c(C2=NO[C@@](CC(=O)O)(C(=O)Nc3ccc4c(c3)OCCO4)C2)c1. The van der Waals surface area contributed by atoms with Gasteiger partial charge in [-0.05, 0) is 30.3 Å². The number of hydrogen-bond acceptors (Lipinski definition) is 8. The number of benzene rings is 2. The summed E-state index contributed by atoms with van der Waals surface area (Å²) in [5, 5.41) is 16.2. The van der Waals surface area contributed by atoms with Gasteiger partial charge < -0.3 is 34.2 Å². The number of carbonyl (C=O) groups is 2. The predicted octanol–water partition coefficient (Wildman–Crippen LogP) is 2.45. The Bertz CT molecular complexity index is 1080. The quantitative estimate of drug-likeness (QED) is 0.670. The Hall–Kier alpha value is -3.95.